The molecule has 0 unspecified atom stereocenters. The second-order valence-corrected chi connectivity index (χ2v) is 8.94. The average Bonchev–Trinajstić information content (AvgIpc) is 3.28. The minimum Gasteiger partial charge on any atom is -0.493 e. The number of hydrogen-bond acceptors (Lipinski definition) is 8. The van der Waals surface area contributed by atoms with Crippen LogP contribution in [0.2, 0.25) is 0 Å². The number of rotatable bonds is 10. The van der Waals surface area contributed by atoms with Crippen molar-refractivity contribution in [2.45, 2.75) is 20.3 Å². The van der Waals surface area contributed by atoms with Crippen molar-refractivity contribution in [2.75, 3.05) is 25.6 Å². The molecule has 10 heteroatoms. The second-order valence-electron chi connectivity index (χ2n) is 7.03. The van der Waals surface area contributed by atoms with Gasteiger partial charge < -0.3 is 14.2 Å². The number of aryl methyl sites for hydroxylation is 2. The van der Waals surface area contributed by atoms with E-state index in [-0.39, 0.29) is 5.57 Å². The van der Waals surface area contributed by atoms with Gasteiger partial charge >= 0.3 is 0 Å². The van der Waals surface area contributed by atoms with Crippen LogP contribution in [0.5, 0.6) is 17.2 Å². The Morgan fingerprint density at radius 3 is 2.71 bits per heavy atom. The van der Waals surface area contributed by atoms with Crippen LogP contribution >= 0.6 is 27.3 Å². The summed E-state index contributed by atoms with van der Waals surface area (Å²) in [6, 6.07) is 13.1. The summed E-state index contributed by atoms with van der Waals surface area (Å²) in [6.07, 6.45) is 2.18. The van der Waals surface area contributed by atoms with E-state index in [1.807, 2.05) is 44.2 Å². The number of carbonyl (C=O) groups is 1. The number of benzene rings is 2. The summed E-state index contributed by atoms with van der Waals surface area (Å²) < 4.78 is 17.7. The fourth-order valence-electron chi connectivity index (χ4n) is 2.90. The van der Waals surface area contributed by atoms with Gasteiger partial charge in [-0.25, -0.2) is 0 Å². The quantitative estimate of drug-likeness (QED) is 0.213. The monoisotopic (exact) mass is 542 g/mol. The number of methoxy groups -OCH3 is 1. The molecule has 176 valence electrons. The summed E-state index contributed by atoms with van der Waals surface area (Å²) >= 11 is 4.75. The van der Waals surface area contributed by atoms with E-state index in [1.54, 1.807) is 12.1 Å². The van der Waals surface area contributed by atoms with Crippen molar-refractivity contribution in [3.63, 3.8) is 0 Å². The predicted molar refractivity (Wildman–Crippen MR) is 134 cm³/mol. The summed E-state index contributed by atoms with van der Waals surface area (Å²) in [7, 11) is 1.52. The van der Waals surface area contributed by atoms with Gasteiger partial charge in [-0.05, 0) is 70.7 Å². The molecule has 3 rings (SSSR count). The van der Waals surface area contributed by atoms with E-state index in [1.165, 1.54) is 24.5 Å². The Bertz CT molecular complexity index is 1240. The van der Waals surface area contributed by atoms with Gasteiger partial charge in [-0.3, -0.25) is 10.1 Å². The number of halogens is 1. The molecule has 0 aliphatic heterocycles. The smallest absolute Gasteiger partial charge is 0.268 e. The number of ether oxygens (including phenoxy) is 3. The van der Waals surface area contributed by atoms with Gasteiger partial charge in [0, 0.05) is 0 Å². The molecule has 0 spiro atoms. The first-order chi connectivity index (χ1) is 16.4. The maximum Gasteiger partial charge on any atom is 0.268 e. The number of amides is 1. The summed E-state index contributed by atoms with van der Waals surface area (Å²) in [5.74, 6) is 1.16. The van der Waals surface area contributed by atoms with E-state index < -0.39 is 5.91 Å². The highest BCUT2D eigenvalue weighted by molar-refractivity contribution is 9.10. The highest BCUT2D eigenvalue weighted by atomic mass is 79.9. The lowest BCUT2D eigenvalue weighted by molar-refractivity contribution is -0.112. The minimum atomic E-state index is -0.565. The van der Waals surface area contributed by atoms with E-state index in [4.69, 9.17) is 14.2 Å². The van der Waals surface area contributed by atoms with Crippen LogP contribution in [-0.4, -0.2) is 36.4 Å². The molecule has 1 amide bonds. The van der Waals surface area contributed by atoms with Crippen LogP contribution in [0.3, 0.4) is 0 Å². The van der Waals surface area contributed by atoms with Crippen LogP contribution in [0.1, 0.15) is 23.1 Å². The predicted octanol–water partition coefficient (Wildman–Crippen LogP) is 5.18. The molecule has 0 saturated carbocycles. The van der Waals surface area contributed by atoms with Crippen molar-refractivity contribution in [3.8, 4) is 23.3 Å². The third-order valence-corrected chi connectivity index (χ3v) is 6.08. The van der Waals surface area contributed by atoms with Crippen LogP contribution in [-0.2, 0) is 11.2 Å². The lowest BCUT2D eigenvalue weighted by Gasteiger charge is -2.14. The number of aromatic nitrogens is 2. The van der Waals surface area contributed by atoms with Crippen LogP contribution in [0.4, 0.5) is 5.13 Å². The normalized spacial score (nSPS) is 11.0. The molecule has 2 aromatic carbocycles. The van der Waals surface area contributed by atoms with Crippen LogP contribution in [0, 0.1) is 18.3 Å². The SMILES string of the molecule is CCc1nnc(NC(=O)/C(C#N)=C\c2cc(Br)c(OCCOc3cccc(C)c3)c(OC)c2)s1. The molecule has 1 N–H and O–H groups in total. The van der Waals surface area contributed by atoms with Crippen molar-refractivity contribution >= 4 is 44.4 Å². The number of anilines is 1. The van der Waals surface area contributed by atoms with Crippen molar-refractivity contribution in [3.05, 3.63) is 62.6 Å². The lowest BCUT2D eigenvalue weighted by Crippen LogP contribution is -2.13. The number of nitrogens with zero attached hydrogens (tertiary/aromatic N) is 3. The van der Waals surface area contributed by atoms with Crippen molar-refractivity contribution in [1.82, 2.24) is 10.2 Å². The summed E-state index contributed by atoms with van der Waals surface area (Å²) in [6.45, 7) is 4.60. The standard InChI is InChI=1S/C24H23BrN4O4S/c1-4-21-28-29-24(34-21)27-23(30)17(14-26)11-16-12-19(25)22(20(13-16)31-3)33-9-8-32-18-7-5-6-15(2)10-18/h5-7,10-13H,4,8-9H2,1-3H3,(H,27,29,30)/b17-11-. The zero-order chi connectivity index (χ0) is 24.5. The molecule has 1 aromatic heterocycles. The summed E-state index contributed by atoms with van der Waals surface area (Å²) in [5.41, 5.74) is 1.62. The van der Waals surface area contributed by atoms with E-state index in [0.717, 1.165) is 22.7 Å². The molecule has 0 fully saturated rings. The maximum absolute atomic E-state index is 12.5. The van der Waals surface area contributed by atoms with Gasteiger partial charge in [0.1, 0.15) is 35.6 Å². The Balaban J connectivity index is 1.68. The van der Waals surface area contributed by atoms with Gasteiger partial charge in [0.15, 0.2) is 11.5 Å². The zero-order valence-electron chi connectivity index (χ0n) is 18.9. The average molecular weight is 543 g/mol. The van der Waals surface area contributed by atoms with Crippen LogP contribution < -0.4 is 19.5 Å². The number of nitrogens with one attached hydrogen (secondary N) is 1. The molecule has 8 nitrogen and oxygen atoms in total. The molecule has 3 aromatic rings. The van der Waals surface area contributed by atoms with Crippen LogP contribution in [0.15, 0.2) is 46.4 Å². The Kier molecular flexibility index (Phi) is 9.01. The third-order valence-electron chi connectivity index (χ3n) is 4.51. The van der Waals surface area contributed by atoms with Crippen molar-refractivity contribution < 1.29 is 19.0 Å². The van der Waals surface area contributed by atoms with Gasteiger partial charge in [-0.1, -0.05) is 30.4 Å². The van der Waals surface area contributed by atoms with Gasteiger partial charge in [0.25, 0.3) is 5.91 Å². The minimum absolute atomic E-state index is 0.0811. The van der Waals surface area contributed by atoms with Gasteiger partial charge in [0.2, 0.25) is 5.13 Å². The Labute approximate surface area is 210 Å². The van der Waals surface area contributed by atoms with E-state index in [0.29, 0.717) is 39.9 Å². The molecule has 0 radical (unpaired) electrons. The van der Waals surface area contributed by atoms with E-state index in [9.17, 15) is 10.1 Å². The fourth-order valence-corrected chi connectivity index (χ4v) is 4.15. The zero-order valence-corrected chi connectivity index (χ0v) is 21.3. The maximum atomic E-state index is 12.5. The molecule has 1 heterocycles. The van der Waals surface area contributed by atoms with Crippen molar-refractivity contribution in [1.29, 1.82) is 5.26 Å². The number of carbonyl (C=O) groups excluding carboxylic acids is 1. The van der Waals surface area contributed by atoms with Gasteiger partial charge in [-0.15, -0.1) is 10.2 Å². The molecular weight excluding hydrogens is 520 g/mol. The first-order valence-corrected chi connectivity index (χ1v) is 12.0. The second kappa shape index (κ2) is 12.2. The molecule has 34 heavy (non-hydrogen) atoms. The Morgan fingerprint density at radius 1 is 1.24 bits per heavy atom. The van der Waals surface area contributed by atoms with E-state index in [2.05, 4.69) is 31.4 Å². The topological polar surface area (TPSA) is 106 Å². The largest absolute Gasteiger partial charge is 0.493 e. The van der Waals surface area contributed by atoms with E-state index >= 15 is 0 Å². The number of nitriles is 1. The molecule has 0 bridgehead atoms. The fraction of sp³-hybridized carbons (Fsp3) is 0.250. The van der Waals surface area contributed by atoms with Gasteiger partial charge in [-0.2, -0.15) is 5.26 Å². The molecule has 0 saturated heterocycles. The van der Waals surface area contributed by atoms with Gasteiger partial charge in [0.05, 0.1) is 11.6 Å². The highest BCUT2D eigenvalue weighted by Crippen LogP contribution is 2.37. The summed E-state index contributed by atoms with van der Waals surface area (Å²) in [5, 5.41) is 21.1. The third kappa shape index (κ3) is 6.79. The lowest BCUT2D eigenvalue weighted by atomic mass is 10.1. The molecule has 0 aliphatic rings. The van der Waals surface area contributed by atoms with Crippen LogP contribution in [0.25, 0.3) is 6.08 Å². The summed E-state index contributed by atoms with van der Waals surface area (Å²) in [4.78, 5) is 12.5. The Morgan fingerprint density at radius 2 is 2.03 bits per heavy atom. The Hall–Kier alpha value is -3.42. The number of hydrogen-bond donors (Lipinski definition) is 1. The molecule has 0 aliphatic carbocycles. The van der Waals surface area contributed by atoms with Crippen molar-refractivity contribution in [2.24, 2.45) is 0 Å². The highest BCUT2D eigenvalue weighted by Gasteiger charge is 2.15. The molecule has 0 atom stereocenters. The first kappa shape index (κ1) is 25.2. The first-order valence-electron chi connectivity index (χ1n) is 10.4. The molecular formula is C24H23BrN4O4S.